The van der Waals surface area contributed by atoms with Crippen molar-refractivity contribution in [1.82, 2.24) is 9.47 Å². The van der Waals surface area contributed by atoms with Gasteiger partial charge in [0.05, 0.1) is 12.1 Å². The van der Waals surface area contributed by atoms with Gasteiger partial charge in [0.2, 0.25) is 0 Å². The number of aromatic nitrogens is 1. The van der Waals surface area contributed by atoms with E-state index in [0.29, 0.717) is 26.1 Å². The summed E-state index contributed by atoms with van der Waals surface area (Å²) < 4.78 is 7.64. The van der Waals surface area contributed by atoms with E-state index >= 15 is 0 Å². The van der Waals surface area contributed by atoms with E-state index in [1.165, 1.54) is 0 Å². The fourth-order valence-corrected chi connectivity index (χ4v) is 3.40. The first kappa shape index (κ1) is 18.0. The number of hydrogen-bond acceptors (Lipinski definition) is 3. The van der Waals surface area contributed by atoms with Gasteiger partial charge in [0, 0.05) is 41.7 Å². The standard InChI is InChI=1S/C20H24N2O4/c1-5-9-22-16-7-6-13(18(23)24)11-14(16)15-12-21(10-8-17(15)22)19(25)26-20(2,3)4/h5-7,11H,1,8-10,12H2,2-4H3,(H,23,24). The van der Waals surface area contributed by atoms with E-state index in [9.17, 15) is 14.7 Å². The van der Waals surface area contributed by atoms with Crippen LogP contribution in [0.4, 0.5) is 4.79 Å². The normalized spacial score (nSPS) is 14.2. The number of ether oxygens (including phenoxy) is 1. The SMILES string of the molecule is C=CCn1c2c(c3cc(C(=O)O)ccc31)CN(C(=O)OC(C)(C)C)CC2. The molecular formula is C20H24N2O4. The van der Waals surface area contributed by atoms with Crippen LogP contribution < -0.4 is 0 Å². The predicted octanol–water partition coefficient (Wildman–Crippen LogP) is 3.82. The van der Waals surface area contributed by atoms with Gasteiger partial charge in [-0.2, -0.15) is 0 Å². The first-order valence-electron chi connectivity index (χ1n) is 8.67. The van der Waals surface area contributed by atoms with Crippen molar-refractivity contribution in [2.75, 3.05) is 6.54 Å². The van der Waals surface area contributed by atoms with Gasteiger partial charge in [-0.25, -0.2) is 9.59 Å². The molecule has 0 aliphatic carbocycles. The molecule has 1 aliphatic rings. The third-order valence-electron chi connectivity index (χ3n) is 4.46. The molecule has 1 aliphatic heterocycles. The number of benzene rings is 1. The molecule has 1 aromatic heterocycles. The molecule has 2 heterocycles. The van der Waals surface area contributed by atoms with Crippen LogP contribution in [0.1, 0.15) is 42.4 Å². The summed E-state index contributed by atoms with van der Waals surface area (Å²) in [6.07, 6.45) is 2.17. The summed E-state index contributed by atoms with van der Waals surface area (Å²) in [6, 6.07) is 5.13. The predicted molar refractivity (Wildman–Crippen MR) is 99.4 cm³/mol. The smallest absolute Gasteiger partial charge is 0.410 e. The molecule has 1 aromatic carbocycles. The van der Waals surface area contributed by atoms with Crippen LogP contribution in [0.3, 0.4) is 0 Å². The summed E-state index contributed by atoms with van der Waals surface area (Å²) in [5.41, 5.74) is 2.77. The van der Waals surface area contributed by atoms with E-state index in [0.717, 1.165) is 22.2 Å². The van der Waals surface area contributed by atoms with Gasteiger partial charge >= 0.3 is 12.1 Å². The van der Waals surface area contributed by atoms with Gasteiger partial charge in [0.15, 0.2) is 0 Å². The van der Waals surface area contributed by atoms with Crippen molar-refractivity contribution in [2.24, 2.45) is 0 Å². The minimum Gasteiger partial charge on any atom is -0.478 e. The van der Waals surface area contributed by atoms with E-state index < -0.39 is 11.6 Å². The van der Waals surface area contributed by atoms with E-state index in [4.69, 9.17) is 4.74 Å². The largest absolute Gasteiger partial charge is 0.478 e. The number of hydrogen-bond donors (Lipinski definition) is 1. The number of aromatic carboxylic acids is 1. The summed E-state index contributed by atoms with van der Waals surface area (Å²) in [6.45, 7) is 11.0. The Morgan fingerprint density at radius 1 is 1.35 bits per heavy atom. The van der Waals surface area contributed by atoms with Crippen molar-refractivity contribution in [1.29, 1.82) is 0 Å². The maximum atomic E-state index is 12.5. The fourth-order valence-electron chi connectivity index (χ4n) is 3.40. The molecule has 0 bridgehead atoms. The van der Waals surface area contributed by atoms with Crippen LogP contribution in [0.5, 0.6) is 0 Å². The van der Waals surface area contributed by atoms with Gasteiger partial charge in [0.1, 0.15) is 5.60 Å². The second-order valence-electron chi connectivity index (χ2n) is 7.51. The van der Waals surface area contributed by atoms with Crippen molar-refractivity contribution >= 4 is 23.0 Å². The lowest BCUT2D eigenvalue weighted by Crippen LogP contribution is -2.40. The lowest BCUT2D eigenvalue weighted by molar-refractivity contribution is 0.0223. The molecule has 6 nitrogen and oxygen atoms in total. The number of carboxylic acids is 1. The monoisotopic (exact) mass is 356 g/mol. The number of allylic oxidation sites excluding steroid dienone is 1. The van der Waals surface area contributed by atoms with E-state index in [2.05, 4.69) is 11.1 Å². The van der Waals surface area contributed by atoms with Gasteiger partial charge in [-0.05, 0) is 39.0 Å². The van der Waals surface area contributed by atoms with Gasteiger partial charge in [-0.15, -0.1) is 6.58 Å². The second kappa shape index (κ2) is 6.52. The molecule has 0 unspecified atom stereocenters. The highest BCUT2D eigenvalue weighted by Gasteiger charge is 2.29. The minimum atomic E-state index is -0.961. The van der Waals surface area contributed by atoms with Crippen LogP contribution in [-0.2, 0) is 24.2 Å². The lowest BCUT2D eigenvalue weighted by Gasteiger charge is -2.30. The highest BCUT2D eigenvalue weighted by Crippen LogP contribution is 2.32. The lowest BCUT2D eigenvalue weighted by atomic mass is 10.0. The van der Waals surface area contributed by atoms with Crippen molar-refractivity contribution in [3.63, 3.8) is 0 Å². The zero-order valence-electron chi connectivity index (χ0n) is 15.4. The van der Waals surface area contributed by atoms with Crippen molar-refractivity contribution in [3.05, 3.63) is 47.7 Å². The molecule has 0 saturated carbocycles. The third-order valence-corrected chi connectivity index (χ3v) is 4.46. The van der Waals surface area contributed by atoms with Gasteiger partial charge < -0.3 is 19.3 Å². The maximum absolute atomic E-state index is 12.5. The Morgan fingerprint density at radius 3 is 2.69 bits per heavy atom. The number of carbonyl (C=O) groups excluding carboxylic acids is 1. The molecule has 3 rings (SSSR count). The highest BCUT2D eigenvalue weighted by molar-refractivity contribution is 5.95. The number of fused-ring (bicyclic) bond motifs is 3. The Labute approximate surface area is 152 Å². The molecule has 0 fully saturated rings. The molecule has 6 heteroatoms. The minimum absolute atomic E-state index is 0.241. The van der Waals surface area contributed by atoms with Crippen LogP contribution >= 0.6 is 0 Å². The molecule has 0 atom stereocenters. The summed E-state index contributed by atoms with van der Waals surface area (Å²) >= 11 is 0. The Balaban J connectivity index is 2.05. The molecule has 1 amide bonds. The Morgan fingerprint density at radius 2 is 2.08 bits per heavy atom. The maximum Gasteiger partial charge on any atom is 0.410 e. The molecule has 0 radical (unpaired) electrons. The second-order valence-corrected chi connectivity index (χ2v) is 7.51. The zero-order chi connectivity index (χ0) is 19.1. The van der Waals surface area contributed by atoms with Crippen molar-refractivity contribution < 1.29 is 19.4 Å². The zero-order valence-corrected chi connectivity index (χ0v) is 15.4. The van der Waals surface area contributed by atoms with Gasteiger partial charge in [-0.3, -0.25) is 0 Å². The average Bonchev–Trinajstić information content (AvgIpc) is 2.86. The van der Waals surface area contributed by atoms with Gasteiger partial charge in [-0.1, -0.05) is 6.08 Å². The molecule has 1 N–H and O–H groups in total. The van der Waals surface area contributed by atoms with Crippen molar-refractivity contribution in [2.45, 2.75) is 45.9 Å². The van der Waals surface area contributed by atoms with Crippen LogP contribution in [0.25, 0.3) is 10.9 Å². The molecular weight excluding hydrogens is 332 g/mol. The van der Waals surface area contributed by atoms with Crippen LogP contribution in [0.2, 0.25) is 0 Å². The first-order valence-corrected chi connectivity index (χ1v) is 8.67. The third kappa shape index (κ3) is 3.31. The first-order chi connectivity index (χ1) is 12.2. The molecule has 26 heavy (non-hydrogen) atoms. The highest BCUT2D eigenvalue weighted by atomic mass is 16.6. The fraction of sp³-hybridized carbons (Fsp3) is 0.400. The van der Waals surface area contributed by atoms with E-state index in [1.54, 1.807) is 17.0 Å². The van der Waals surface area contributed by atoms with E-state index in [-0.39, 0.29) is 11.7 Å². The summed E-state index contributed by atoms with van der Waals surface area (Å²) in [5, 5.41) is 10.2. The summed E-state index contributed by atoms with van der Waals surface area (Å²) in [7, 11) is 0. The van der Waals surface area contributed by atoms with Crippen LogP contribution in [-0.4, -0.2) is 38.8 Å². The number of nitrogens with zero attached hydrogens (tertiary/aromatic N) is 2. The summed E-state index contributed by atoms with van der Waals surface area (Å²) in [5.74, 6) is -0.961. The summed E-state index contributed by atoms with van der Waals surface area (Å²) in [4.78, 5) is 25.5. The molecule has 0 spiro atoms. The number of rotatable bonds is 3. The average molecular weight is 356 g/mol. The van der Waals surface area contributed by atoms with E-state index in [1.807, 2.05) is 32.9 Å². The van der Waals surface area contributed by atoms with Crippen LogP contribution in [0, 0.1) is 0 Å². The number of carboxylic acid groups (broad SMARTS) is 1. The van der Waals surface area contributed by atoms with Gasteiger partial charge in [0.25, 0.3) is 0 Å². The Kier molecular flexibility index (Phi) is 4.52. The molecule has 2 aromatic rings. The molecule has 138 valence electrons. The van der Waals surface area contributed by atoms with Crippen molar-refractivity contribution in [3.8, 4) is 0 Å². The molecule has 0 saturated heterocycles. The topological polar surface area (TPSA) is 71.8 Å². The number of carbonyl (C=O) groups is 2. The number of amides is 1. The van der Waals surface area contributed by atoms with Crippen LogP contribution in [0.15, 0.2) is 30.9 Å². The Hall–Kier alpha value is -2.76. The quantitative estimate of drug-likeness (QED) is 0.849. The Bertz CT molecular complexity index is 889.